The van der Waals surface area contributed by atoms with Gasteiger partial charge in [0.05, 0.1) is 0 Å². The van der Waals surface area contributed by atoms with Crippen molar-refractivity contribution in [3.8, 4) is 0 Å². The van der Waals surface area contributed by atoms with Crippen LogP contribution in [0.4, 0.5) is 4.79 Å². The molecule has 3 aromatic rings. The molecule has 1 saturated carbocycles. The smallest absolute Gasteiger partial charge is 0.407 e. The lowest BCUT2D eigenvalue weighted by Crippen LogP contribution is -2.47. The summed E-state index contributed by atoms with van der Waals surface area (Å²) in [6.45, 7) is 6.45. The van der Waals surface area contributed by atoms with Gasteiger partial charge in [0, 0.05) is 18.6 Å². The summed E-state index contributed by atoms with van der Waals surface area (Å²) in [6, 6.07) is 19.7. The molecular formula is C25H30N2O2. The summed E-state index contributed by atoms with van der Waals surface area (Å²) < 4.78 is 5.45. The van der Waals surface area contributed by atoms with Gasteiger partial charge < -0.3 is 15.4 Å². The number of amides is 1. The van der Waals surface area contributed by atoms with Gasteiger partial charge in [0.25, 0.3) is 0 Å². The number of benzene rings is 3. The molecule has 0 heterocycles. The molecule has 2 N–H and O–H groups in total. The molecule has 2 atom stereocenters. The fraction of sp³-hybridized carbons (Fsp3) is 0.400. The van der Waals surface area contributed by atoms with Crippen LogP contribution in [0.3, 0.4) is 0 Å². The van der Waals surface area contributed by atoms with E-state index in [0.717, 1.165) is 25.8 Å². The second-order valence-electron chi connectivity index (χ2n) is 8.97. The van der Waals surface area contributed by atoms with E-state index in [1.165, 1.54) is 27.1 Å². The van der Waals surface area contributed by atoms with Crippen molar-refractivity contribution < 1.29 is 9.53 Å². The third kappa shape index (κ3) is 4.54. The van der Waals surface area contributed by atoms with Gasteiger partial charge in [-0.25, -0.2) is 4.79 Å². The van der Waals surface area contributed by atoms with Crippen molar-refractivity contribution in [2.45, 2.75) is 64.3 Å². The summed E-state index contributed by atoms with van der Waals surface area (Å²) in [5.41, 5.74) is 0.842. The molecule has 0 aliphatic heterocycles. The lowest BCUT2D eigenvalue weighted by molar-refractivity contribution is 0.0498. The van der Waals surface area contributed by atoms with Crippen molar-refractivity contribution in [1.29, 1.82) is 0 Å². The Labute approximate surface area is 172 Å². The number of carbonyl (C=O) groups is 1. The maximum Gasteiger partial charge on any atom is 0.407 e. The van der Waals surface area contributed by atoms with Crippen LogP contribution < -0.4 is 10.6 Å². The van der Waals surface area contributed by atoms with Crippen LogP contribution in [0.5, 0.6) is 0 Å². The van der Waals surface area contributed by atoms with Gasteiger partial charge in [-0.15, -0.1) is 0 Å². The maximum atomic E-state index is 12.2. The second kappa shape index (κ2) is 8.03. The van der Waals surface area contributed by atoms with Crippen LogP contribution in [-0.4, -0.2) is 23.8 Å². The van der Waals surface area contributed by atoms with Crippen LogP contribution >= 0.6 is 0 Å². The van der Waals surface area contributed by atoms with E-state index in [1.807, 2.05) is 20.8 Å². The van der Waals surface area contributed by atoms with E-state index in [-0.39, 0.29) is 18.2 Å². The molecule has 4 rings (SSSR count). The average molecular weight is 391 g/mol. The van der Waals surface area contributed by atoms with Crippen LogP contribution in [0.15, 0.2) is 54.6 Å². The largest absolute Gasteiger partial charge is 0.444 e. The van der Waals surface area contributed by atoms with Gasteiger partial charge in [0.1, 0.15) is 5.60 Å². The van der Waals surface area contributed by atoms with E-state index in [2.05, 4.69) is 65.2 Å². The van der Waals surface area contributed by atoms with E-state index in [4.69, 9.17) is 4.74 Å². The van der Waals surface area contributed by atoms with Crippen molar-refractivity contribution in [3.63, 3.8) is 0 Å². The molecule has 0 spiro atoms. The monoisotopic (exact) mass is 390 g/mol. The van der Waals surface area contributed by atoms with E-state index in [1.54, 1.807) is 0 Å². The molecule has 1 amide bonds. The zero-order chi connectivity index (χ0) is 20.4. The highest BCUT2D eigenvalue weighted by atomic mass is 16.6. The highest BCUT2D eigenvalue weighted by Crippen LogP contribution is 2.29. The zero-order valence-corrected chi connectivity index (χ0v) is 17.5. The van der Waals surface area contributed by atoms with Crippen LogP contribution in [0, 0.1) is 0 Å². The standard InChI is InChI=1S/C25H30N2O2/c1-25(2,3)29-24(28)27-23-14-8-13-22(23)26-16-21-19-11-6-4-9-17(19)15-18-10-5-7-12-20(18)21/h4-7,9-12,15,22-23,26H,8,13-14,16H2,1-3H3,(H,27,28)/t22-,23-/m0/s1. The summed E-state index contributed by atoms with van der Waals surface area (Å²) >= 11 is 0. The molecule has 0 aromatic heterocycles. The second-order valence-corrected chi connectivity index (χ2v) is 8.97. The Morgan fingerprint density at radius 1 is 0.966 bits per heavy atom. The summed E-state index contributed by atoms with van der Waals surface area (Å²) in [4.78, 5) is 12.2. The average Bonchev–Trinajstić information content (AvgIpc) is 3.10. The third-order valence-corrected chi connectivity index (χ3v) is 5.64. The van der Waals surface area contributed by atoms with E-state index in [9.17, 15) is 4.79 Å². The fourth-order valence-electron chi connectivity index (χ4n) is 4.37. The van der Waals surface area contributed by atoms with E-state index in [0.29, 0.717) is 0 Å². The topological polar surface area (TPSA) is 50.4 Å². The number of hydrogen-bond donors (Lipinski definition) is 2. The summed E-state index contributed by atoms with van der Waals surface area (Å²) in [5, 5.41) is 11.9. The quantitative estimate of drug-likeness (QED) is 0.576. The number of rotatable bonds is 4. The first-order chi connectivity index (χ1) is 13.9. The molecular weight excluding hydrogens is 360 g/mol. The minimum atomic E-state index is -0.479. The molecule has 0 saturated heterocycles. The van der Waals surface area contributed by atoms with Gasteiger partial charge in [-0.05, 0) is 73.2 Å². The number of nitrogens with one attached hydrogen (secondary N) is 2. The van der Waals surface area contributed by atoms with Gasteiger partial charge in [-0.3, -0.25) is 0 Å². The Morgan fingerprint density at radius 3 is 2.17 bits per heavy atom. The third-order valence-electron chi connectivity index (χ3n) is 5.64. The van der Waals surface area contributed by atoms with E-state index < -0.39 is 5.60 Å². The number of ether oxygens (including phenoxy) is 1. The van der Waals surface area contributed by atoms with Crippen molar-refractivity contribution >= 4 is 27.6 Å². The molecule has 3 aromatic carbocycles. The van der Waals surface area contributed by atoms with Crippen molar-refractivity contribution in [3.05, 3.63) is 60.2 Å². The Hall–Kier alpha value is -2.59. The highest BCUT2D eigenvalue weighted by molar-refractivity contribution is 6.02. The number of alkyl carbamates (subject to hydrolysis) is 1. The van der Waals surface area contributed by atoms with Gasteiger partial charge in [-0.1, -0.05) is 48.5 Å². The Morgan fingerprint density at radius 2 is 1.55 bits per heavy atom. The zero-order valence-electron chi connectivity index (χ0n) is 17.5. The molecule has 1 fully saturated rings. The van der Waals surface area contributed by atoms with Gasteiger partial charge in [0.2, 0.25) is 0 Å². The van der Waals surface area contributed by atoms with Gasteiger partial charge in [0.15, 0.2) is 0 Å². The summed E-state index contributed by atoms with van der Waals surface area (Å²) in [7, 11) is 0. The normalized spacial score (nSPS) is 19.6. The number of carbonyl (C=O) groups excluding carboxylic acids is 1. The van der Waals surface area contributed by atoms with Gasteiger partial charge in [-0.2, -0.15) is 0 Å². The summed E-state index contributed by atoms with van der Waals surface area (Å²) in [6.07, 6.45) is 2.82. The van der Waals surface area contributed by atoms with Crippen LogP contribution in [0.2, 0.25) is 0 Å². The SMILES string of the molecule is CC(C)(C)OC(=O)N[C@H]1CCC[C@@H]1NCc1c2ccccc2cc2ccccc12. The van der Waals surface area contributed by atoms with Crippen LogP contribution in [0.25, 0.3) is 21.5 Å². The van der Waals surface area contributed by atoms with Crippen molar-refractivity contribution in [2.75, 3.05) is 0 Å². The fourth-order valence-corrected chi connectivity index (χ4v) is 4.37. The molecule has 0 bridgehead atoms. The molecule has 1 aliphatic rings. The molecule has 4 nitrogen and oxygen atoms in total. The lowest BCUT2D eigenvalue weighted by atomic mass is 9.96. The molecule has 152 valence electrons. The number of hydrogen-bond acceptors (Lipinski definition) is 3. The minimum Gasteiger partial charge on any atom is -0.444 e. The van der Waals surface area contributed by atoms with Crippen molar-refractivity contribution in [1.82, 2.24) is 10.6 Å². The van der Waals surface area contributed by atoms with Crippen LogP contribution in [0.1, 0.15) is 45.6 Å². The predicted octanol–water partition coefficient (Wildman–Crippen LogP) is 5.53. The molecule has 4 heteroatoms. The Bertz CT molecular complexity index is 968. The minimum absolute atomic E-state index is 0.103. The first-order valence-corrected chi connectivity index (χ1v) is 10.5. The first-order valence-electron chi connectivity index (χ1n) is 10.5. The molecule has 29 heavy (non-hydrogen) atoms. The van der Waals surface area contributed by atoms with Crippen LogP contribution in [-0.2, 0) is 11.3 Å². The van der Waals surface area contributed by atoms with E-state index >= 15 is 0 Å². The predicted molar refractivity (Wildman–Crippen MR) is 119 cm³/mol. The highest BCUT2D eigenvalue weighted by Gasteiger charge is 2.30. The summed E-state index contributed by atoms with van der Waals surface area (Å²) in [5.74, 6) is 0. The Balaban J connectivity index is 1.53. The van der Waals surface area contributed by atoms with Gasteiger partial charge >= 0.3 is 6.09 Å². The molecule has 0 radical (unpaired) electrons. The maximum absolute atomic E-state index is 12.2. The molecule has 0 unspecified atom stereocenters. The lowest BCUT2D eigenvalue weighted by Gasteiger charge is -2.26. The number of fused-ring (bicyclic) bond motifs is 2. The first kappa shape index (κ1) is 19.7. The van der Waals surface area contributed by atoms with Crippen molar-refractivity contribution in [2.24, 2.45) is 0 Å². The molecule has 1 aliphatic carbocycles. The Kier molecular flexibility index (Phi) is 5.46.